The molecule has 2 heterocycles. The lowest BCUT2D eigenvalue weighted by Crippen LogP contribution is -2.39. The topological polar surface area (TPSA) is 44.7 Å². The number of carbonyl (C=O) groups excluding carboxylic acids is 1. The zero-order chi connectivity index (χ0) is 12.0. The van der Waals surface area contributed by atoms with E-state index < -0.39 is 0 Å². The molecule has 3 rings (SSSR count). The standard InChI is InChI=1S/C13H15N3O/c1-8(2)11-12(17)15-13-14-10-6-4-3-5-9(10)7-16(11)13/h3-6,8,11H,7H2,1-2H3,(H,14,15,17). The maximum atomic E-state index is 11.9. The fourth-order valence-corrected chi connectivity index (χ4v) is 2.51. The van der Waals surface area contributed by atoms with Gasteiger partial charge in [0.05, 0.1) is 5.69 Å². The lowest BCUT2D eigenvalue weighted by atomic mass is 10.0. The van der Waals surface area contributed by atoms with Crippen LogP contribution < -0.4 is 5.32 Å². The van der Waals surface area contributed by atoms with Crippen LogP contribution in [-0.4, -0.2) is 22.8 Å². The van der Waals surface area contributed by atoms with E-state index in [2.05, 4.69) is 35.1 Å². The van der Waals surface area contributed by atoms with Crippen LogP contribution in [0.4, 0.5) is 5.69 Å². The first-order chi connectivity index (χ1) is 8.16. The zero-order valence-corrected chi connectivity index (χ0v) is 9.97. The molecule has 1 unspecified atom stereocenters. The summed E-state index contributed by atoms with van der Waals surface area (Å²) >= 11 is 0. The van der Waals surface area contributed by atoms with Gasteiger partial charge in [0.2, 0.25) is 11.9 Å². The highest BCUT2D eigenvalue weighted by Gasteiger charge is 2.40. The Morgan fingerprint density at radius 2 is 2.18 bits per heavy atom. The molecule has 1 aromatic carbocycles. The van der Waals surface area contributed by atoms with Crippen LogP contribution >= 0.6 is 0 Å². The highest BCUT2D eigenvalue weighted by Crippen LogP contribution is 2.30. The van der Waals surface area contributed by atoms with Crippen molar-refractivity contribution in [3.05, 3.63) is 29.8 Å². The summed E-state index contributed by atoms with van der Waals surface area (Å²) < 4.78 is 0. The molecule has 2 aliphatic heterocycles. The van der Waals surface area contributed by atoms with E-state index in [-0.39, 0.29) is 17.9 Å². The highest BCUT2D eigenvalue weighted by atomic mass is 16.2. The molecule has 0 aliphatic carbocycles. The van der Waals surface area contributed by atoms with Gasteiger partial charge in [-0.1, -0.05) is 32.0 Å². The monoisotopic (exact) mass is 229 g/mol. The first-order valence-corrected chi connectivity index (χ1v) is 5.91. The molecule has 1 atom stereocenters. The Hall–Kier alpha value is -1.84. The molecule has 1 N–H and O–H groups in total. The van der Waals surface area contributed by atoms with Gasteiger partial charge in [0, 0.05) is 6.54 Å². The Morgan fingerprint density at radius 1 is 1.41 bits per heavy atom. The second-order valence-corrected chi connectivity index (χ2v) is 4.87. The molecule has 0 bridgehead atoms. The van der Waals surface area contributed by atoms with E-state index in [0.717, 1.165) is 12.2 Å². The van der Waals surface area contributed by atoms with Crippen LogP contribution in [-0.2, 0) is 11.3 Å². The lowest BCUT2D eigenvalue weighted by molar-refractivity contribution is -0.122. The molecule has 0 aromatic heterocycles. The average molecular weight is 229 g/mol. The molecule has 1 amide bonds. The minimum atomic E-state index is -0.0953. The van der Waals surface area contributed by atoms with E-state index in [4.69, 9.17) is 0 Å². The van der Waals surface area contributed by atoms with Crippen LogP contribution in [0.5, 0.6) is 0 Å². The van der Waals surface area contributed by atoms with Crippen molar-refractivity contribution in [2.45, 2.75) is 26.4 Å². The van der Waals surface area contributed by atoms with Crippen LogP contribution in [0.25, 0.3) is 0 Å². The first-order valence-electron chi connectivity index (χ1n) is 5.91. The van der Waals surface area contributed by atoms with E-state index >= 15 is 0 Å². The third kappa shape index (κ3) is 1.52. The third-order valence-electron chi connectivity index (χ3n) is 3.30. The maximum Gasteiger partial charge on any atom is 0.249 e. The van der Waals surface area contributed by atoms with Crippen LogP contribution in [0.3, 0.4) is 0 Å². The SMILES string of the molecule is CC(C)C1C(=O)NC2=Nc3ccccc3CN21. The Bertz CT molecular complexity index is 507. The molecule has 1 saturated heterocycles. The Balaban J connectivity index is 2.02. The van der Waals surface area contributed by atoms with Crippen LogP contribution in [0.2, 0.25) is 0 Å². The highest BCUT2D eigenvalue weighted by molar-refractivity contribution is 6.07. The summed E-state index contributed by atoms with van der Waals surface area (Å²) in [6.45, 7) is 4.89. The molecule has 4 heteroatoms. The number of rotatable bonds is 1. The van der Waals surface area contributed by atoms with Gasteiger partial charge >= 0.3 is 0 Å². The summed E-state index contributed by atoms with van der Waals surface area (Å²) in [5.74, 6) is 1.05. The van der Waals surface area contributed by atoms with E-state index in [1.54, 1.807) is 0 Å². The number of hydrogen-bond donors (Lipinski definition) is 1. The molecule has 0 saturated carbocycles. The van der Waals surface area contributed by atoms with Crippen molar-refractivity contribution in [3.8, 4) is 0 Å². The van der Waals surface area contributed by atoms with Gasteiger partial charge in [-0.25, -0.2) is 4.99 Å². The Morgan fingerprint density at radius 3 is 2.94 bits per heavy atom. The Labute approximate surface area is 100 Å². The van der Waals surface area contributed by atoms with Crippen LogP contribution in [0, 0.1) is 5.92 Å². The molecule has 0 radical (unpaired) electrons. The van der Waals surface area contributed by atoms with E-state index in [0.29, 0.717) is 5.96 Å². The molecule has 88 valence electrons. The summed E-state index contributed by atoms with van der Waals surface area (Å²) in [5, 5.41) is 2.87. The van der Waals surface area contributed by atoms with Crippen LogP contribution in [0.15, 0.2) is 29.3 Å². The molecular weight excluding hydrogens is 214 g/mol. The fraction of sp³-hybridized carbons (Fsp3) is 0.385. The molecule has 4 nitrogen and oxygen atoms in total. The van der Waals surface area contributed by atoms with Gasteiger partial charge in [-0.05, 0) is 17.5 Å². The average Bonchev–Trinajstić information content (AvgIpc) is 2.60. The predicted molar refractivity (Wildman–Crippen MR) is 65.8 cm³/mol. The minimum absolute atomic E-state index is 0.0616. The van der Waals surface area contributed by atoms with Crippen molar-refractivity contribution < 1.29 is 4.79 Å². The number of benzene rings is 1. The van der Waals surface area contributed by atoms with E-state index in [1.165, 1.54) is 5.56 Å². The molecule has 1 fully saturated rings. The van der Waals surface area contributed by atoms with Crippen molar-refractivity contribution in [1.29, 1.82) is 0 Å². The van der Waals surface area contributed by atoms with Crippen molar-refractivity contribution in [2.75, 3.05) is 0 Å². The van der Waals surface area contributed by atoms with Gasteiger partial charge in [-0.15, -0.1) is 0 Å². The van der Waals surface area contributed by atoms with Gasteiger partial charge in [0.1, 0.15) is 6.04 Å². The van der Waals surface area contributed by atoms with Gasteiger partial charge in [-0.3, -0.25) is 10.1 Å². The predicted octanol–water partition coefficient (Wildman–Crippen LogP) is 1.64. The molecule has 17 heavy (non-hydrogen) atoms. The summed E-state index contributed by atoms with van der Waals surface area (Å²) in [4.78, 5) is 18.5. The van der Waals surface area contributed by atoms with E-state index in [1.807, 2.05) is 18.2 Å². The summed E-state index contributed by atoms with van der Waals surface area (Å²) in [7, 11) is 0. The van der Waals surface area contributed by atoms with Gasteiger partial charge < -0.3 is 4.90 Å². The van der Waals surface area contributed by atoms with Gasteiger partial charge in [-0.2, -0.15) is 0 Å². The second-order valence-electron chi connectivity index (χ2n) is 4.87. The summed E-state index contributed by atoms with van der Waals surface area (Å²) in [5.41, 5.74) is 2.14. The summed E-state index contributed by atoms with van der Waals surface area (Å²) in [6, 6.07) is 7.93. The number of nitrogens with one attached hydrogen (secondary N) is 1. The first kappa shape index (κ1) is 10.3. The number of aliphatic imine (C=N–C) groups is 1. The Kier molecular flexibility index (Phi) is 2.18. The molecular formula is C13H15N3O. The molecule has 2 aliphatic rings. The minimum Gasteiger partial charge on any atom is -0.326 e. The largest absolute Gasteiger partial charge is 0.326 e. The quantitative estimate of drug-likeness (QED) is 0.795. The second kappa shape index (κ2) is 3.58. The van der Waals surface area contributed by atoms with E-state index in [9.17, 15) is 4.79 Å². The number of fused-ring (bicyclic) bond motifs is 2. The fourth-order valence-electron chi connectivity index (χ4n) is 2.51. The van der Waals surface area contributed by atoms with Crippen LogP contribution in [0.1, 0.15) is 19.4 Å². The van der Waals surface area contributed by atoms with Crippen molar-refractivity contribution >= 4 is 17.6 Å². The number of para-hydroxylation sites is 1. The van der Waals surface area contributed by atoms with Gasteiger partial charge in [0.15, 0.2) is 0 Å². The lowest BCUT2D eigenvalue weighted by Gasteiger charge is -2.29. The number of nitrogens with zero attached hydrogens (tertiary/aromatic N) is 2. The molecule has 1 aromatic rings. The van der Waals surface area contributed by atoms with Crippen molar-refractivity contribution in [1.82, 2.24) is 10.2 Å². The smallest absolute Gasteiger partial charge is 0.249 e. The van der Waals surface area contributed by atoms with Gasteiger partial charge in [0.25, 0.3) is 0 Å². The summed E-state index contributed by atoms with van der Waals surface area (Å²) in [6.07, 6.45) is 0. The van der Waals surface area contributed by atoms with Crippen molar-refractivity contribution in [2.24, 2.45) is 10.9 Å². The number of hydrogen-bond acceptors (Lipinski definition) is 3. The maximum absolute atomic E-state index is 11.9. The number of amides is 1. The third-order valence-corrected chi connectivity index (χ3v) is 3.30. The normalized spacial score (nSPS) is 22.1. The zero-order valence-electron chi connectivity index (χ0n) is 9.97. The molecule has 0 spiro atoms. The number of guanidine groups is 1. The number of carbonyl (C=O) groups is 1. The van der Waals surface area contributed by atoms with Crippen molar-refractivity contribution in [3.63, 3.8) is 0 Å².